The van der Waals surface area contributed by atoms with Gasteiger partial charge >= 0.3 is 0 Å². The largest absolute Gasteiger partial charge is 0.322 e. The Morgan fingerprint density at radius 3 is 2.60 bits per heavy atom. The van der Waals surface area contributed by atoms with Gasteiger partial charge in [0.2, 0.25) is 0 Å². The molecule has 9 heteroatoms. The highest BCUT2D eigenvalue weighted by molar-refractivity contribution is 7.21. The number of hydrogen-bond donors (Lipinski definition) is 1. The fraction of sp³-hybridized carbons (Fsp3) is 0.0952. The smallest absolute Gasteiger partial charge is 0.283 e. The third-order valence-corrected chi connectivity index (χ3v) is 5.59. The molecule has 0 radical (unpaired) electrons. The lowest BCUT2D eigenvalue weighted by molar-refractivity contribution is -0.384. The van der Waals surface area contributed by atoms with Crippen molar-refractivity contribution in [3.63, 3.8) is 0 Å². The van der Waals surface area contributed by atoms with E-state index in [2.05, 4.69) is 15.5 Å². The number of non-ortho nitro benzene ring substituents is 1. The van der Waals surface area contributed by atoms with Gasteiger partial charge in [-0.15, -0.1) is 11.3 Å². The van der Waals surface area contributed by atoms with E-state index in [0.717, 1.165) is 27.2 Å². The summed E-state index contributed by atoms with van der Waals surface area (Å²) >= 11 is 1.32. The minimum Gasteiger partial charge on any atom is -0.322 e. The van der Waals surface area contributed by atoms with E-state index < -0.39 is 4.92 Å². The van der Waals surface area contributed by atoms with Crippen molar-refractivity contribution < 1.29 is 9.72 Å². The highest BCUT2D eigenvalue weighted by Crippen LogP contribution is 2.35. The average Bonchev–Trinajstić information content (AvgIpc) is 3.35. The molecule has 150 valence electrons. The van der Waals surface area contributed by atoms with Crippen LogP contribution in [0.3, 0.4) is 0 Å². The maximum atomic E-state index is 12.9. The first-order chi connectivity index (χ1) is 14.4. The van der Waals surface area contributed by atoms with Gasteiger partial charge in [0.15, 0.2) is 0 Å². The number of amides is 1. The van der Waals surface area contributed by atoms with Crippen molar-refractivity contribution in [2.24, 2.45) is 5.10 Å². The number of rotatable bonds is 5. The first-order valence-corrected chi connectivity index (χ1v) is 9.87. The highest BCUT2D eigenvalue weighted by Gasteiger charge is 2.22. The number of nitrogens with zero attached hydrogens (tertiary/aromatic N) is 4. The predicted molar refractivity (Wildman–Crippen MR) is 117 cm³/mol. The second kappa shape index (κ2) is 7.88. The lowest BCUT2D eigenvalue weighted by atomic mass is 10.1. The van der Waals surface area contributed by atoms with Crippen LogP contribution < -0.4 is 5.43 Å². The minimum atomic E-state index is -0.468. The van der Waals surface area contributed by atoms with E-state index in [-0.39, 0.29) is 11.6 Å². The van der Waals surface area contributed by atoms with Gasteiger partial charge in [-0.2, -0.15) is 5.10 Å². The number of benzene rings is 1. The van der Waals surface area contributed by atoms with Crippen LogP contribution in [0.4, 0.5) is 5.69 Å². The van der Waals surface area contributed by atoms with E-state index >= 15 is 0 Å². The van der Waals surface area contributed by atoms with Gasteiger partial charge < -0.3 is 4.57 Å². The molecule has 3 heterocycles. The molecule has 0 aliphatic rings. The van der Waals surface area contributed by atoms with E-state index in [9.17, 15) is 14.9 Å². The van der Waals surface area contributed by atoms with Crippen molar-refractivity contribution in [2.75, 3.05) is 0 Å². The molecule has 0 aliphatic heterocycles. The number of hydrazone groups is 1. The number of nitro benzene ring substituents is 1. The molecular weight excluding hydrogens is 402 g/mol. The van der Waals surface area contributed by atoms with Gasteiger partial charge in [0, 0.05) is 35.6 Å². The van der Waals surface area contributed by atoms with Crippen molar-refractivity contribution >= 4 is 39.4 Å². The summed E-state index contributed by atoms with van der Waals surface area (Å²) in [4.78, 5) is 29.1. The number of pyridine rings is 1. The SMILES string of the molecule is Cc1cc(C)c2c(-n3cccc3)c(C(=O)N/N=C/c3ccc([N+](=O)[O-])cc3)sc2n1. The fourth-order valence-corrected chi connectivity index (χ4v) is 4.39. The summed E-state index contributed by atoms with van der Waals surface area (Å²) in [6.07, 6.45) is 5.22. The van der Waals surface area contributed by atoms with Gasteiger partial charge in [-0.1, -0.05) is 0 Å². The van der Waals surface area contributed by atoms with Gasteiger partial charge in [-0.05, 0) is 55.3 Å². The number of aryl methyl sites for hydroxylation is 2. The molecule has 0 aliphatic carbocycles. The number of nitro groups is 1. The molecule has 0 fully saturated rings. The number of thiophene rings is 1. The van der Waals surface area contributed by atoms with Crippen molar-refractivity contribution in [1.29, 1.82) is 0 Å². The Bertz CT molecular complexity index is 1270. The molecule has 0 atom stereocenters. The lowest BCUT2D eigenvalue weighted by Crippen LogP contribution is -2.18. The Morgan fingerprint density at radius 1 is 1.23 bits per heavy atom. The maximum Gasteiger partial charge on any atom is 0.283 e. The van der Waals surface area contributed by atoms with Crippen LogP contribution in [-0.4, -0.2) is 26.6 Å². The van der Waals surface area contributed by atoms with Crippen LogP contribution in [0.1, 0.15) is 26.5 Å². The summed E-state index contributed by atoms with van der Waals surface area (Å²) in [6, 6.07) is 11.7. The van der Waals surface area contributed by atoms with E-state index in [0.29, 0.717) is 10.4 Å². The normalized spacial score (nSPS) is 11.3. The molecule has 0 saturated heterocycles. The second-order valence-electron chi connectivity index (χ2n) is 6.68. The second-order valence-corrected chi connectivity index (χ2v) is 7.68. The number of carbonyl (C=O) groups is 1. The summed E-state index contributed by atoms with van der Waals surface area (Å²) in [7, 11) is 0. The molecule has 0 bridgehead atoms. The number of aromatic nitrogens is 2. The Morgan fingerprint density at radius 2 is 1.93 bits per heavy atom. The van der Waals surface area contributed by atoms with Crippen LogP contribution in [0.2, 0.25) is 0 Å². The topological polar surface area (TPSA) is 102 Å². The maximum absolute atomic E-state index is 12.9. The van der Waals surface area contributed by atoms with Gasteiger partial charge in [-0.25, -0.2) is 10.4 Å². The third kappa shape index (κ3) is 3.70. The van der Waals surface area contributed by atoms with Gasteiger partial charge in [0.25, 0.3) is 11.6 Å². The molecule has 4 aromatic rings. The quantitative estimate of drug-likeness (QED) is 0.295. The zero-order chi connectivity index (χ0) is 21.3. The molecule has 1 aromatic carbocycles. The van der Waals surface area contributed by atoms with E-state index in [4.69, 9.17) is 0 Å². The van der Waals surface area contributed by atoms with Crippen molar-refractivity contribution in [3.8, 4) is 5.69 Å². The summed E-state index contributed by atoms with van der Waals surface area (Å²) in [6.45, 7) is 3.93. The number of nitrogens with one attached hydrogen (secondary N) is 1. The van der Waals surface area contributed by atoms with Gasteiger partial charge in [0.1, 0.15) is 9.71 Å². The standard InChI is InChI=1S/C21H17N5O3S/c1-13-11-14(2)23-21-17(13)18(25-9-3-4-10-25)19(30-21)20(27)24-22-12-15-5-7-16(8-6-15)26(28)29/h3-12H,1-2H3,(H,24,27)/b22-12+. The minimum absolute atomic E-state index is 0.00371. The Kier molecular flexibility index (Phi) is 5.11. The first kappa shape index (κ1) is 19.5. The summed E-state index contributed by atoms with van der Waals surface area (Å²) in [5.41, 5.74) is 5.89. The Balaban J connectivity index is 1.65. The van der Waals surface area contributed by atoms with Crippen LogP contribution >= 0.6 is 11.3 Å². The van der Waals surface area contributed by atoms with Crippen LogP contribution in [-0.2, 0) is 0 Å². The van der Waals surface area contributed by atoms with Crippen LogP contribution in [0.25, 0.3) is 15.9 Å². The molecular formula is C21H17N5O3S. The number of carbonyl (C=O) groups excluding carboxylic acids is 1. The lowest BCUT2D eigenvalue weighted by Gasteiger charge is -2.07. The summed E-state index contributed by atoms with van der Waals surface area (Å²) in [5.74, 6) is -0.350. The summed E-state index contributed by atoms with van der Waals surface area (Å²) < 4.78 is 1.90. The van der Waals surface area contributed by atoms with Crippen LogP contribution in [0, 0.1) is 24.0 Å². The molecule has 1 amide bonds. The number of hydrogen-bond acceptors (Lipinski definition) is 6. The van der Waals surface area contributed by atoms with Gasteiger partial charge in [0.05, 0.1) is 16.8 Å². The third-order valence-electron chi connectivity index (χ3n) is 4.51. The zero-order valence-electron chi connectivity index (χ0n) is 16.2. The highest BCUT2D eigenvalue weighted by atomic mass is 32.1. The van der Waals surface area contributed by atoms with Crippen LogP contribution in [0.5, 0.6) is 0 Å². The molecule has 1 N–H and O–H groups in total. The molecule has 8 nitrogen and oxygen atoms in total. The molecule has 3 aromatic heterocycles. The van der Waals surface area contributed by atoms with Crippen LogP contribution in [0.15, 0.2) is 60.0 Å². The Labute approximate surface area is 175 Å². The van der Waals surface area contributed by atoms with Crippen molar-refractivity contribution in [3.05, 3.63) is 86.7 Å². The molecule has 0 spiro atoms. The molecule has 0 unspecified atom stereocenters. The van der Waals surface area contributed by atoms with Crippen molar-refractivity contribution in [1.82, 2.24) is 15.0 Å². The Hall–Kier alpha value is -3.85. The monoisotopic (exact) mass is 419 g/mol. The molecule has 30 heavy (non-hydrogen) atoms. The fourth-order valence-electron chi connectivity index (χ4n) is 3.21. The average molecular weight is 419 g/mol. The summed E-state index contributed by atoms with van der Waals surface area (Å²) in [5, 5.41) is 15.7. The van der Waals surface area contributed by atoms with Gasteiger partial charge in [-0.3, -0.25) is 14.9 Å². The molecule has 4 rings (SSSR count). The first-order valence-electron chi connectivity index (χ1n) is 9.06. The van der Waals surface area contributed by atoms with E-state index in [1.54, 1.807) is 12.1 Å². The zero-order valence-corrected chi connectivity index (χ0v) is 17.0. The predicted octanol–water partition coefficient (Wildman–Crippen LogP) is 4.38. The number of fused-ring (bicyclic) bond motifs is 1. The van der Waals surface area contributed by atoms with Crippen molar-refractivity contribution in [2.45, 2.75) is 13.8 Å². The van der Waals surface area contributed by atoms with E-state index in [1.165, 1.54) is 29.7 Å². The van der Waals surface area contributed by atoms with E-state index in [1.807, 2.05) is 49.0 Å². The molecule has 0 saturated carbocycles.